The molecule has 2 aromatic rings. The molecule has 4 nitrogen and oxygen atoms in total. The number of benzene rings is 2. The van der Waals surface area contributed by atoms with Crippen molar-refractivity contribution in [2.75, 3.05) is 38.8 Å². The predicted octanol–water partition coefficient (Wildman–Crippen LogP) is 4.91. The topological polar surface area (TPSA) is 24.9 Å². The molecule has 0 amide bonds. The minimum Gasteiger partial charge on any atom is -0.495 e. The number of ether oxygens (including phenoxy) is 2. The van der Waals surface area contributed by atoms with Crippen LogP contribution in [0.4, 0.5) is 10.1 Å². The molecular weight excluding hydrogens is 379 g/mol. The summed E-state index contributed by atoms with van der Waals surface area (Å²) in [6.45, 7) is 2.84. The average Bonchev–Trinajstić information content (AvgIpc) is 2.73. The van der Waals surface area contributed by atoms with E-state index in [1.807, 2.05) is 18.2 Å². The number of halogens is 2. The molecule has 2 aliphatic heterocycles. The predicted molar refractivity (Wildman–Crippen MR) is 110 cm³/mol. The van der Waals surface area contributed by atoms with Crippen LogP contribution in [0.1, 0.15) is 30.9 Å². The number of nitrogens with zero attached hydrogens (tertiary/aromatic N) is 2. The molecule has 0 saturated carbocycles. The van der Waals surface area contributed by atoms with Crippen molar-refractivity contribution in [3.63, 3.8) is 0 Å². The van der Waals surface area contributed by atoms with E-state index in [1.165, 1.54) is 7.11 Å². The average molecular weight is 405 g/mol. The Balaban J connectivity index is 1.52. The highest BCUT2D eigenvalue weighted by molar-refractivity contribution is 6.32. The van der Waals surface area contributed by atoms with Crippen LogP contribution in [-0.4, -0.2) is 44.8 Å². The maximum absolute atomic E-state index is 14.2. The second-order valence-corrected chi connectivity index (χ2v) is 7.90. The Bertz CT molecular complexity index is 847. The van der Waals surface area contributed by atoms with Crippen LogP contribution in [0.25, 0.3) is 0 Å². The van der Waals surface area contributed by atoms with E-state index < -0.39 is 0 Å². The highest BCUT2D eigenvalue weighted by Crippen LogP contribution is 2.38. The summed E-state index contributed by atoms with van der Waals surface area (Å²) < 4.78 is 24.7. The Morgan fingerprint density at radius 3 is 2.57 bits per heavy atom. The normalized spacial score (nSPS) is 22.6. The molecule has 0 aromatic heterocycles. The van der Waals surface area contributed by atoms with E-state index in [2.05, 4.69) is 15.9 Å². The van der Waals surface area contributed by atoms with Crippen LogP contribution < -0.4 is 14.4 Å². The van der Waals surface area contributed by atoms with Crippen LogP contribution in [0.15, 0.2) is 36.4 Å². The monoisotopic (exact) mass is 404 g/mol. The number of anilines is 1. The highest BCUT2D eigenvalue weighted by Gasteiger charge is 2.36. The van der Waals surface area contributed by atoms with Gasteiger partial charge in [0.15, 0.2) is 11.6 Å². The summed E-state index contributed by atoms with van der Waals surface area (Å²) in [6, 6.07) is 12.1. The summed E-state index contributed by atoms with van der Waals surface area (Å²) in [5.74, 6) is 0.725. The number of rotatable bonds is 4. The highest BCUT2D eigenvalue weighted by atomic mass is 35.5. The smallest absolute Gasteiger partial charge is 0.165 e. The first-order valence-electron chi connectivity index (χ1n) is 9.78. The third-order valence-corrected chi connectivity index (χ3v) is 6.32. The molecule has 0 unspecified atom stereocenters. The first kappa shape index (κ1) is 19.3. The van der Waals surface area contributed by atoms with Crippen LogP contribution in [0, 0.1) is 5.82 Å². The zero-order valence-electron chi connectivity index (χ0n) is 16.3. The van der Waals surface area contributed by atoms with Crippen LogP contribution in [0.2, 0.25) is 5.02 Å². The molecule has 2 saturated heterocycles. The fraction of sp³-hybridized carbons (Fsp3) is 0.455. The Hall–Kier alpha value is -1.98. The van der Waals surface area contributed by atoms with Crippen LogP contribution >= 0.6 is 11.6 Å². The summed E-state index contributed by atoms with van der Waals surface area (Å²) in [5, 5.41) is 0.629. The number of piperazine rings is 1. The minimum atomic E-state index is -0.283. The van der Waals surface area contributed by atoms with E-state index >= 15 is 0 Å². The van der Waals surface area contributed by atoms with E-state index in [-0.39, 0.29) is 11.9 Å². The lowest BCUT2D eigenvalue weighted by Crippen LogP contribution is -2.55. The van der Waals surface area contributed by atoms with Gasteiger partial charge in [-0.05, 0) is 49.1 Å². The fourth-order valence-electron chi connectivity index (χ4n) is 4.58. The maximum Gasteiger partial charge on any atom is 0.165 e. The molecule has 0 spiro atoms. The van der Waals surface area contributed by atoms with Gasteiger partial charge in [0.1, 0.15) is 5.75 Å². The molecule has 4 rings (SSSR count). The van der Waals surface area contributed by atoms with Gasteiger partial charge in [0.05, 0.1) is 19.2 Å². The van der Waals surface area contributed by atoms with Gasteiger partial charge < -0.3 is 14.4 Å². The molecule has 0 radical (unpaired) electrons. The lowest BCUT2D eigenvalue weighted by atomic mass is 9.89. The quantitative estimate of drug-likeness (QED) is 0.722. The Kier molecular flexibility index (Phi) is 5.65. The fourth-order valence-corrected chi connectivity index (χ4v) is 4.77. The van der Waals surface area contributed by atoms with Gasteiger partial charge in [-0.3, -0.25) is 4.90 Å². The third-order valence-electron chi connectivity index (χ3n) is 6.00. The van der Waals surface area contributed by atoms with Gasteiger partial charge in [-0.25, -0.2) is 4.39 Å². The zero-order chi connectivity index (χ0) is 19.7. The van der Waals surface area contributed by atoms with Crippen molar-refractivity contribution < 1.29 is 13.9 Å². The Morgan fingerprint density at radius 2 is 1.82 bits per heavy atom. The van der Waals surface area contributed by atoms with Crippen LogP contribution in [0.5, 0.6) is 11.5 Å². The Morgan fingerprint density at radius 1 is 1.00 bits per heavy atom. The molecule has 2 heterocycles. The van der Waals surface area contributed by atoms with Crippen molar-refractivity contribution in [2.45, 2.75) is 31.3 Å². The molecule has 0 bridgehead atoms. The first-order valence-corrected chi connectivity index (χ1v) is 10.2. The molecule has 2 atom stereocenters. The molecule has 2 fully saturated rings. The minimum absolute atomic E-state index is 0.265. The molecule has 28 heavy (non-hydrogen) atoms. The van der Waals surface area contributed by atoms with E-state index in [0.717, 1.165) is 50.1 Å². The van der Waals surface area contributed by atoms with E-state index in [1.54, 1.807) is 19.2 Å². The van der Waals surface area contributed by atoms with Crippen molar-refractivity contribution in [1.82, 2.24) is 4.90 Å². The molecule has 6 heteroatoms. The summed E-state index contributed by atoms with van der Waals surface area (Å²) >= 11 is 6.18. The largest absolute Gasteiger partial charge is 0.495 e. The number of piperidine rings is 1. The van der Waals surface area contributed by atoms with Crippen LogP contribution in [0.3, 0.4) is 0 Å². The number of methoxy groups -OCH3 is 2. The van der Waals surface area contributed by atoms with E-state index in [0.29, 0.717) is 22.6 Å². The van der Waals surface area contributed by atoms with E-state index in [9.17, 15) is 4.39 Å². The van der Waals surface area contributed by atoms with Crippen LogP contribution in [-0.2, 0) is 0 Å². The lowest BCUT2D eigenvalue weighted by molar-refractivity contribution is 0.0714. The molecule has 0 aliphatic carbocycles. The second kappa shape index (κ2) is 8.18. The standard InChI is InChI=1S/C22H26ClFN2O2/c1-27-21-9-6-15(12-19(21)24)20-5-3-4-17-14-25(10-11-26(17)20)16-7-8-18(23)22(13-16)28-2/h6-9,12-13,17,20H,3-5,10-11,14H2,1-2H3/t17-,20-/m0/s1. The van der Waals surface area contributed by atoms with Gasteiger partial charge in [-0.2, -0.15) is 0 Å². The molecule has 2 aromatic carbocycles. The van der Waals surface area contributed by atoms with Crippen molar-refractivity contribution in [3.8, 4) is 11.5 Å². The van der Waals surface area contributed by atoms with Gasteiger partial charge in [-0.1, -0.05) is 17.7 Å². The molecule has 2 aliphatic rings. The number of fused-ring (bicyclic) bond motifs is 1. The van der Waals surface area contributed by atoms with Gasteiger partial charge in [0.25, 0.3) is 0 Å². The van der Waals surface area contributed by atoms with Gasteiger partial charge in [0, 0.05) is 43.5 Å². The maximum atomic E-state index is 14.2. The van der Waals surface area contributed by atoms with Crippen molar-refractivity contribution in [1.29, 1.82) is 0 Å². The van der Waals surface area contributed by atoms with E-state index in [4.69, 9.17) is 21.1 Å². The van der Waals surface area contributed by atoms with Gasteiger partial charge >= 0.3 is 0 Å². The van der Waals surface area contributed by atoms with Gasteiger partial charge in [0.2, 0.25) is 0 Å². The molecular formula is C22H26ClFN2O2. The van der Waals surface area contributed by atoms with Gasteiger partial charge in [-0.15, -0.1) is 0 Å². The summed E-state index contributed by atoms with van der Waals surface area (Å²) in [7, 11) is 3.14. The summed E-state index contributed by atoms with van der Waals surface area (Å²) in [5.41, 5.74) is 2.18. The van der Waals surface area contributed by atoms with Crippen molar-refractivity contribution in [2.24, 2.45) is 0 Å². The second-order valence-electron chi connectivity index (χ2n) is 7.50. The Labute approximate surface area is 170 Å². The summed E-state index contributed by atoms with van der Waals surface area (Å²) in [4.78, 5) is 4.95. The number of hydrogen-bond donors (Lipinski definition) is 0. The van der Waals surface area contributed by atoms with Crippen molar-refractivity contribution >= 4 is 17.3 Å². The molecule has 0 N–H and O–H groups in total. The SMILES string of the molecule is COc1ccc([C@@H]2CCC[C@H]3CN(c4ccc(Cl)c(OC)c4)CCN32)cc1F. The number of hydrogen-bond acceptors (Lipinski definition) is 4. The third kappa shape index (κ3) is 3.65. The molecule has 150 valence electrons. The lowest BCUT2D eigenvalue weighted by Gasteiger charge is -2.49. The summed E-state index contributed by atoms with van der Waals surface area (Å²) in [6.07, 6.45) is 3.38. The zero-order valence-corrected chi connectivity index (χ0v) is 17.1. The van der Waals surface area contributed by atoms with Crippen molar-refractivity contribution in [3.05, 3.63) is 52.8 Å². The first-order chi connectivity index (χ1) is 13.6.